The molecule has 1 unspecified atom stereocenters. The van der Waals surface area contributed by atoms with E-state index < -0.39 is 11.7 Å². The number of alkyl halides is 3. The second-order valence-corrected chi connectivity index (χ2v) is 4.26. The minimum absolute atomic E-state index is 0.0476. The van der Waals surface area contributed by atoms with Crippen molar-refractivity contribution in [2.45, 2.75) is 31.5 Å². The number of benzene rings is 1. The number of aryl methyl sites for hydroxylation is 1. The predicted octanol–water partition coefficient (Wildman–Crippen LogP) is 2.81. The van der Waals surface area contributed by atoms with Crippen LogP contribution in [0, 0.1) is 0 Å². The summed E-state index contributed by atoms with van der Waals surface area (Å²) in [7, 11) is 0. The van der Waals surface area contributed by atoms with Gasteiger partial charge in [0.05, 0.1) is 5.56 Å². The maximum Gasteiger partial charge on any atom is 0.416 e. The standard InChI is InChI=1S/C12H14F3NO/c13-12(14,15)9-3-1-8-2-4-10(5-6-17)16-11(8)7-9/h1,3,7,10,16-17H,2,4-6H2. The first kappa shape index (κ1) is 12.2. The average Bonchev–Trinajstić information content (AvgIpc) is 2.27. The molecule has 0 amide bonds. The van der Waals surface area contributed by atoms with E-state index in [0.717, 1.165) is 30.5 Å². The first-order valence-electron chi connectivity index (χ1n) is 5.58. The highest BCUT2D eigenvalue weighted by molar-refractivity contribution is 5.56. The van der Waals surface area contributed by atoms with Crippen LogP contribution in [0.2, 0.25) is 0 Å². The summed E-state index contributed by atoms with van der Waals surface area (Å²) in [5.74, 6) is 0. The molecule has 94 valence electrons. The summed E-state index contributed by atoms with van der Waals surface area (Å²) in [6.07, 6.45) is -2.14. The van der Waals surface area contributed by atoms with Crippen LogP contribution in [0.4, 0.5) is 18.9 Å². The van der Waals surface area contributed by atoms with Crippen LogP contribution in [0.5, 0.6) is 0 Å². The highest BCUT2D eigenvalue weighted by Crippen LogP contribution is 2.34. The fraction of sp³-hybridized carbons (Fsp3) is 0.500. The third-order valence-corrected chi connectivity index (χ3v) is 3.04. The Morgan fingerprint density at radius 1 is 1.35 bits per heavy atom. The van der Waals surface area contributed by atoms with Crippen molar-refractivity contribution < 1.29 is 18.3 Å². The molecule has 1 atom stereocenters. The third-order valence-electron chi connectivity index (χ3n) is 3.04. The van der Waals surface area contributed by atoms with Gasteiger partial charge >= 0.3 is 6.18 Å². The van der Waals surface area contributed by atoms with E-state index in [4.69, 9.17) is 5.11 Å². The molecule has 0 spiro atoms. The van der Waals surface area contributed by atoms with E-state index in [1.807, 2.05) is 0 Å². The van der Waals surface area contributed by atoms with E-state index in [-0.39, 0.29) is 12.6 Å². The van der Waals surface area contributed by atoms with Crippen LogP contribution in [-0.4, -0.2) is 17.8 Å². The second kappa shape index (κ2) is 4.56. The number of halogens is 3. The highest BCUT2D eigenvalue weighted by atomic mass is 19.4. The smallest absolute Gasteiger partial charge is 0.396 e. The average molecular weight is 245 g/mol. The van der Waals surface area contributed by atoms with Gasteiger partial charge in [0.15, 0.2) is 0 Å². The SMILES string of the molecule is OCCC1CCc2ccc(C(F)(F)F)cc2N1. The second-order valence-electron chi connectivity index (χ2n) is 4.26. The molecule has 0 bridgehead atoms. The molecule has 1 aromatic rings. The van der Waals surface area contributed by atoms with Gasteiger partial charge in [-0.3, -0.25) is 0 Å². The maximum atomic E-state index is 12.5. The Labute approximate surface area is 97.5 Å². The lowest BCUT2D eigenvalue weighted by atomic mass is 9.95. The largest absolute Gasteiger partial charge is 0.416 e. The van der Waals surface area contributed by atoms with Crippen LogP contribution in [0.25, 0.3) is 0 Å². The van der Waals surface area contributed by atoms with Crippen LogP contribution in [-0.2, 0) is 12.6 Å². The summed E-state index contributed by atoms with van der Waals surface area (Å²) in [6.45, 7) is 0.0476. The molecule has 2 nitrogen and oxygen atoms in total. The zero-order valence-corrected chi connectivity index (χ0v) is 9.22. The molecule has 0 radical (unpaired) electrons. The normalized spacial score (nSPS) is 19.6. The van der Waals surface area contributed by atoms with E-state index in [1.54, 1.807) is 0 Å². The number of fused-ring (bicyclic) bond motifs is 1. The van der Waals surface area contributed by atoms with Crippen molar-refractivity contribution in [3.05, 3.63) is 29.3 Å². The van der Waals surface area contributed by atoms with E-state index >= 15 is 0 Å². The van der Waals surface area contributed by atoms with Gasteiger partial charge in [0.1, 0.15) is 0 Å². The highest BCUT2D eigenvalue weighted by Gasteiger charge is 2.31. The van der Waals surface area contributed by atoms with Crippen molar-refractivity contribution >= 4 is 5.69 Å². The zero-order chi connectivity index (χ0) is 12.5. The number of hydrogen-bond donors (Lipinski definition) is 2. The molecule has 0 saturated heterocycles. The van der Waals surface area contributed by atoms with Gasteiger partial charge in [-0.15, -0.1) is 0 Å². The molecular weight excluding hydrogens is 231 g/mol. The monoisotopic (exact) mass is 245 g/mol. The lowest BCUT2D eigenvalue weighted by Crippen LogP contribution is -2.26. The summed E-state index contributed by atoms with van der Waals surface area (Å²) in [6, 6.07) is 3.86. The molecule has 1 aromatic carbocycles. The number of nitrogens with one attached hydrogen (secondary N) is 1. The Hall–Kier alpha value is -1.23. The summed E-state index contributed by atoms with van der Waals surface area (Å²) in [5, 5.41) is 11.9. The predicted molar refractivity (Wildman–Crippen MR) is 58.9 cm³/mol. The van der Waals surface area contributed by atoms with Crippen LogP contribution < -0.4 is 5.32 Å². The van der Waals surface area contributed by atoms with Crippen molar-refractivity contribution in [1.29, 1.82) is 0 Å². The third kappa shape index (κ3) is 2.72. The Morgan fingerprint density at radius 2 is 2.12 bits per heavy atom. The molecule has 2 N–H and O–H groups in total. The van der Waals surface area contributed by atoms with Gasteiger partial charge in [0.25, 0.3) is 0 Å². The van der Waals surface area contributed by atoms with Gasteiger partial charge in [-0.1, -0.05) is 6.07 Å². The Morgan fingerprint density at radius 3 is 2.76 bits per heavy atom. The number of anilines is 1. The quantitative estimate of drug-likeness (QED) is 0.839. The molecular formula is C12H14F3NO. The van der Waals surface area contributed by atoms with E-state index in [9.17, 15) is 13.2 Å². The van der Waals surface area contributed by atoms with Gasteiger partial charge in [-0.05, 0) is 37.0 Å². The van der Waals surface area contributed by atoms with Crippen LogP contribution >= 0.6 is 0 Å². The lowest BCUT2D eigenvalue weighted by Gasteiger charge is -2.27. The summed E-state index contributed by atoms with van der Waals surface area (Å²) >= 11 is 0. The summed E-state index contributed by atoms with van der Waals surface area (Å²) < 4.78 is 37.6. The Bertz CT molecular complexity index is 403. The topological polar surface area (TPSA) is 32.3 Å². The fourth-order valence-electron chi connectivity index (χ4n) is 2.10. The molecule has 0 aromatic heterocycles. The van der Waals surface area contributed by atoms with Crippen molar-refractivity contribution in [3.8, 4) is 0 Å². The van der Waals surface area contributed by atoms with Crippen molar-refractivity contribution in [3.63, 3.8) is 0 Å². The van der Waals surface area contributed by atoms with Gasteiger partial charge in [0, 0.05) is 18.3 Å². The Balaban J connectivity index is 2.23. The fourth-order valence-corrected chi connectivity index (χ4v) is 2.10. The molecule has 0 saturated carbocycles. The number of rotatable bonds is 2. The van der Waals surface area contributed by atoms with E-state index in [1.165, 1.54) is 6.07 Å². The van der Waals surface area contributed by atoms with E-state index in [2.05, 4.69) is 5.32 Å². The summed E-state index contributed by atoms with van der Waals surface area (Å²) in [5.41, 5.74) is 0.824. The molecule has 0 fully saturated rings. The minimum Gasteiger partial charge on any atom is -0.396 e. The van der Waals surface area contributed by atoms with Crippen LogP contribution in [0.3, 0.4) is 0 Å². The first-order chi connectivity index (χ1) is 8.00. The molecule has 2 rings (SSSR count). The number of hydrogen-bond acceptors (Lipinski definition) is 2. The molecule has 5 heteroatoms. The molecule has 17 heavy (non-hydrogen) atoms. The minimum atomic E-state index is -4.30. The number of aliphatic hydroxyl groups excluding tert-OH is 1. The first-order valence-corrected chi connectivity index (χ1v) is 5.58. The molecule has 1 heterocycles. The number of aliphatic hydroxyl groups is 1. The lowest BCUT2D eigenvalue weighted by molar-refractivity contribution is -0.137. The van der Waals surface area contributed by atoms with Gasteiger partial charge in [-0.25, -0.2) is 0 Å². The van der Waals surface area contributed by atoms with Crippen molar-refractivity contribution in [2.75, 3.05) is 11.9 Å². The van der Waals surface area contributed by atoms with Gasteiger partial charge in [0.2, 0.25) is 0 Å². The van der Waals surface area contributed by atoms with Crippen LogP contribution in [0.1, 0.15) is 24.0 Å². The van der Waals surface area contributed by atoms with E-state index in [0.29, 0.717) is 12.1 Å². The van der Waals surface area contributed by atoms with Crippen molar-refractivity contribution in [2.24, 2.45) is 0 Å². The van der Waals surface area contributed by atoms with Gasteiger partial charge in [-0.2, -0.15) is 13.2 Å². The summed E-state index contributed by atoms with van der Waals surface area (Å²) in [4.78, 5) is 0. The maximum absolute atomic E-state index is 12.5. The van der Waals surface area contributed by atoms with Crippen molar-refractivity contribution in [1.82, 2.24) is 0 Å². The molecule has 1 aliphatic heterocycles. The molecule has 1 aliphatic rings. The van der Waals surface area contributed by atoms with Crippen LogP contribution in [0.15, 0.2) is 18.2 Å². The van der Waals surface area contributed by atoms with Gasteiger partial charge < -0.3 is 10.4 Å². The Kier molecular flexibility index (Phi) is 3.28. The zero-order valence-electron chi connectivity index (χ0n) is 9.22. The molecule has 0 aliphatic carbocycles.